The summed E-state index contributed by atoms with van der Waals surface area (Å²) in [6.45, 7) is 2.92. The van der Waals surface area contributed by atoms with Gasteiger partial charge in [0.15, 0.2) is 0 Å². The molecule has 0 aliphatic carbocycles. The summed E-state index contributed by atoms with van der Waals surface area (Å²) < 4.78 is 0. The predicted octanol–water partition coefficient (Wildman–Crippen LogP) is 0.928. The molecule has 0 amide bonds. The molecule has 0 radical (unpaired) electrons. The summed E-state index contributed by atoms with van der Waals surface area (Å²) in [5.41, 5.74) is 5.24. The zero-order valence-electron chi connectivity index (χ0n) is 4.65. The lowest BCUT2D eigenvalue weighted by molar-refractivity contribution is 0.924. The maximum Gasteiger partial charge on any atom is 0.138 e. The molecule has 0 aliphatic heterocycles. The Kier molecular flexibility index (Phi) is 4.93. The highest BCUT2D eigenvalue weighted by Gasteiger charge is 1.94. The van der Waals surface area contributed by atoms with Crippen molar-refractivity contribution in [1.29, 1.82) is 0 Å². The van der Waals surface area contributed by atoms with Gasteiger partial charge in [0.05, 0.1) is 0 Å². The minimum Gasteiger partial charge on any atom is -0.330 e. The van der Waals surface area contributed by atoms with Gasteiger partial charge >= 0.3 is 0 Å². The first-order valence-electron chi connectivity index (χ1n) is 2.61. The van der Waals surface area contributed by atoms with Gasteiger partial charge in [-0.1, -0.05) is 6.55 Å². The summed E-state index contributed by atoms with van der Waals surface area (Å²) >= 11 is 5.74. The van der Waals surface area contributed by atoms with Crippen molar-refractivity contribution in [2.45, 2.75) is 19.0 Å². The van der Waals surface area contributed by atoms with Crippen molar-refractivity contribution in [3.05, 3.63) is 0 Å². The van der Waals surface area contributed by atoms with Crippen LogP contribution >= 0.6 is 11.1 Å². The third kappa shape index (κ3) is 6.47. The molecule has 0 aromatic heterocycles. The van der Waals surface area contributed by atoms with Crippen molar-refractivity contribution in [2.75, 3.05) is 6.54 Å². The number of hydrogen-bond acceptors (Lipinski definition) is 1. The fourth-order valence-corrected chi connectivity index (χ4v) is 1.66. The zero-order chi connectivity index (χ0) is 5.70. The van der Waals surface area contributed by atoms with Gasteiger partial charge in [-0.15, -0.1) is 0 Å². The van der Waals surface area contributed by atoms with Crippen molar-refractivity contribution in [2.24, 2.45) is 5.73 Å². The Hall–Kier alpha value is 0.467. The molecule has 0 fully saturated rings. The summed E-state index contributed by atoms with van der Waals surface area (Å²) in [7, 11) is -0.796. The van der Waals surface area contributed by atoms with Gasteiger partial charge in [-0.3, -0.25) is 0 Å². The van der Waals surface area contributed by atoms with E-state index in [2.05, 4.69) is 6.55 Å². The molecule has 0 spiro atoms. The van der Waals surface area contributed by atoms with Gasteiger partial charge in [0, 0.05) is 0 Å². The molecule has 2 N–H and O–H groups in total. The van der Waals surface area contributed by atoms with Gasteiger partial charge in [0.25, 0.3) is 0 Å². The first-order valence-corrected chi connectivity index (χ1v) is 6.33. The van der Waals surface area contributed by atoms with Crippen LogP contribution in [0.15, 0.2) is 0 Å². The SMILES string of the molecule is C[SiH](Cl)CCCN. The topological polar surface area (TPSA) is 26.0 Å². The number of nitrogens with two attached hydrogens (primary N) is 1. The number of halogens is 1. The van der Waals surface area contributed by atoms with Crippen molar-refractivity contribution in [1.82, 2.24) is 0 Å². The molecular weight excluding hydrogens is 126 g/mol. The summed E-state index contributed by atoms with van der Waals surface area (Å²) in [5, 5.41) is 0. The van der Waals surface area contributed by atoms with Crippen molar-refractivity contribution in [3.63, 3.8) is 0 Å². The molecule has 3 heteroatoms. The Bertz CT molecular complexity index is 40.7. The molecule has 0 heterocycles. The molecule has 0 rings (SSSR count). The molecule has 0 aromatic rings. The normalized spacial score (nSPS) is 14.1. The van der Waals surface area contributed by atoms with E-state index in [-0.39, 0.29) is 0 Å². The molecule has 7 heavy (non-hydrogen) atoms. The van der Waals surface area contributed by atoms with Crippen LogP contribution in [-0.4, -0.2) is 14.7 Å². The van der Waals surface area contributed by atoms with E-state index in [1.54, 1.807) is 0 Å². The second-order valence-corrected chi connectivity index (χ2v) is 6.09. The van der Waals surface area contributed by atoms with Crippen LogP contribution in [-0.2, 0) is 0 Å². The first-order chi connectivity index (χ1) is 3.27. The third-order valence-corrected chi connectivity index (χ3v) is 2.66. The standard InChI is InChI=1S/C4H12ClNSi/c1-7(5)4-2-3-6/h7H,2-4,6H2,1H3. The Labute approximate surface area is 51.2 Å². The molecule has 0 aromatic carbocycles. The highest BCUT2D eigenvalue weighted by Crippen LogP contribution is 1.98. The van der Waals surface area contributed by atoms with E-state index in [1.807, 2.05) is 0 Å². The monoisotopic (exact) mass is 137 g/mol. The predicted molar refractivity (Wildman–Crippen MR) is 37.3 cm³/mol. The molecule has 44 valence electrons. The van der Waals surface area contributed by atoms with Gasteiger partial charge < -0.3 is 5.73 Å². The summed E-state index contributed by atoms with van der Waals surface area (Å²) in [6.07, 6.45) is 1.11. The molecular formula is C4H12ClNSi. The smallest absolute Gasteiger partial charge is 0.138 e. The second kappa shape index (κ2) is 4.62. The quantitative estimate of drug-likeness (QED) is 0.455. The second-order valence-electron chi connectivity index (χ2n) is 1.71. The van der Waals surface area contributed by atoms with Crippen LogP contribution in [0.5, 0.6) is 0 Å². The van der Waals surface area contributed by atoms with Crippen LogP contribution in [0.4, 0.5) is 0 Å². The largest absolute Gasteiger partial charge is 0.330 e. The van der Waals surface area contributed by atoms with E-state index < -0.39 is 8.11 Å². The summed E-state index contributed by atoms with van der Waals surface area (Å²) in [6, 6.07) is 1.18. The van der Waals surface area contributed by atoms with Gasteiger partial charge in [0.1, 0.15) is 8.11 Å². The molecule has 0 aliphatic rings. The average molecular weight is 138 g/mol. The minimum atomic E-state index is -0.796. The fraction of sp³-hybridized carbons (Fsp3) is 1.00. The lowest BCUT2D eigenvalue weighted by Crippen LogP contribution is -2.03. The molecule has 1 unspecified atom stereocenters. The van der Waals surface area contributed by atoms with Crippen molar-refractivity contribution < 1.29 is 0 Å². The molecule has 1 nitrogen and oxygen atoms in total. The first kappa shape index (κ1) is 7.47. The lowest BCUT2D eigenvalue weighted by Gasteiger charge is -1.94. The van der Waals surface area contributed by atoms with Crippen molar-refractivity contribution >= 4 is 19.2 Å². The minimum absolute atomic E-state index is 0.796. The van der Waals surface area contributed by atoms with Crippen molar-refractivity contribution in [3.8, 4) is 0 Å². The molecule has 0 saturated heterocycles. The van der Waals surface area contributed by atoms with Crippen LogP contribution in [0, 0.1) is 0 Å². The maximum atomic E-state index is 5.74. The third-order valence-electron chi connectivity index (χ3n) is 0.806. The Morgan fingerprint density at radius 2 is 2.29 bits per heavy atom. The van der Waals surface area contributed by atoms with Gasteiger partial charge in [0.2, 0.25) is 0 Å². The zero-order valence-corrected chi connectivity index (χ0v) is 6.56. The number of hydrogen-bond donors (Lipinski definition) is 1. The van der Waals surface area contributed by atoms with Crippen LogP contribution < -0.4 is 5.73 Å². The van der Waals surface area contributed by atoms with E-state index in [9.17, 15) is 0 Å². The molecule has 1 atom stereocenters. The summed E-state index contributed by atoms with van der Waals surface area (Å²) in [5.74, 6) is 0. The van der Waals surface area contributed by atoms with Gasteiger partial charge in [-0.2, -0.15) is 11.1 Å². The van der Waals surface area contributed by atoms with E-state index in [0.717, 1.165) is 13.0 Å². The lowest BCUT2D eigenvalue weighted by atomic mass is 10.5. The van der Waals surface area contributed by atoms with E-state index in [4.69, 9.17) is 16.8 Å². The van der Waals surface area contributed by atoms with E-state index in [1.165, 1.54) is 6.04 Å². The highest BCUT2D eigenvalue weighted by molar-refractivity contribution is 7.06. The van der Waals surface area contributed by atoms with Gasteiger partial charge in [-0.25, -0.2) is 0 Å². The number of rotatable bonds is 3. The van der Waals surface area contributed by atoms with E-state index in [0.29, 0.717) is 0 Å². The Morgan fingerprint density at radius 3 is 2.43 bits per heavy atom. The van der Waals surface area contributed by atoms with Crippen LogP contribution in [0.1, 0.15) is 6.42 Å². The Balaban J connectivity index is 2.68. The van der Waals surface area contributed by atoms with Crippen LogP contribution in [0.2, 0.25) is 12.6 Å². The fourth-order valence-electron chi connectivity index (χ4n) is 0.399. The van der Waals surface area contributed by atoms with E-state index >= 15 is 0 Å². The van der Waals surface area contributed by atoms with Crippen LogP contribution in [0.3, 0.4) is 0 Å². The van der Waals surface area contributed by atoms with Crippen LogP contribution in [0.25, 0.3) is 0 Å². The summed E-state index contributed by atoms with van der Waals surface area (Å²) in [4.78, 5) is 0. The van der Waals surface area contributed by atoms with Gasteiger partial charge in [-0.05, 0) is 19.0 Å². The highest BCUT2D eigenvalue weighted by atomic mass is 35.6. The maximum absolute atomic E-state index is 5.74. The average Bonchev–Trinajstić information content (AvgIpc) is 1.61. The Morgan fingerprint density at radius 1 is 1.71 bits per heavy atom. The molecule has 0 bridgehead atoms. The molecule has 0 saturated carbocycles.